The Morgan fingerprint density at radius 1 is 0.300 bits per heavy atom. The van der Waals surface area contributed by atoms with Crippen LogP contribution in [0.3, 0.4) is 0 Å². The van der Waals surface area contributed by atoms with Gasteiger partial charge in [0.1, 0.15) is 29.6 Å². The van der Waals surface area contributed by atoms with Crippen molar-refractivity contribution in [2.75, 3.05) is 19.8 Å². The van der Waals surface area contributed by atoms with Gasteiger partial charge in [-0.2, -0.15) is 0 Å². The summed E-state index contributed by atoms with van der Waals surface area (Å²) in [5.41, 5.74) is 16.5. The first-order valence-corrected chi connectivity index (χ1v) is 36.2. The molecule has 3 heterocycles. The van der Waals surface area contributed by atoms with E-state index < -0.39 is 23.9 Å². The van der Waals surface area contributed by atoms with Crippen molar-refractivity contribution < 1.29 is 72.0 Å². The van der Waals surface area contributed by atoms with Gasteiger partial charge in [0.15, 0.2) is 0 Å². The number of carbonyl (C=O) groups excluding carboxylic acids is 6. The highest BCUT2D eigenvalue weighted by molar-refractivity contribution is 6.17. The molecule has 0 N–H and O–H groups in total. The van der Waals surface area contributed by atoms with E-state index in [2.05, 4.69) is 109 Å². The van der Waals surface area contributed by atoms with Gasteiger partial charge >= 0.3 is 35.8 Å². The summed E-state index contributed by atoms with van der Waals surface area (Å²) in [4.78, 5) is 94.9. The quantitative estimate of drug-likeness (QED) is 0.0816. The van der Waals surface area contributed by atoms with Crippen LogP contribution in [0.25, 0.3) is 43.1 Å². The number of carbonyl (C=O) groups is 6. The Morgan fingerprint density at radius 2 is 0.709 bits per heavy atom. The fraction of sp³-hybridized carbons (Fsp3) is 0.213. The molecule has 0 saturated heterocycles. The van der Waals surface area contributed by atoms with Crippen LogP contribution >= 0.6 is 0 Å². The predicted octanol–water partition coefficient (Wildman–Crippen LogP) is 17.5. The van der Waals surface area contributed by atoms with Crippen molar-refractivity contribution >= 4 is 113 Å². The molecular weight excluding hydrogens is 1390 g/mol. The number of ether oxygens (including phenoxy) is 3. The average Bonchev–Trinajstić information content (AvgIpc) is 1.70. The van der Waals surface area contributed by atoms with Gasteiger partial charge in [-0.05, 0) is 154 Å². The minimum Gasteiger partial charge on any atom is -0.492 e. The smallest absolute Gasteiger partial charge is 0.365 e. The summed E-state index contributed by atoms with van der Waals surface area (Å²) in [6, 6.07) is 71.7. The molecule has 0 atom stereocenters. The van der Waals surface area contributed by atoms with Crippen LogP contribution in [0.15, 0.2) is 249 Å². The lowest BCUT2D eigenvalue weighted by Crippen LogP contribution is -2.17. The van der Waals surface area contributed by atoms with Gasteiger partial charge in [0.05, 0.1) is 52.9 Å². The number of para-hydroxylation sites is 1. The second-order valence-corrected chi connectivity index (χ2v) is 26.2. The molecule has 21 nitrogen and oxygen atoms in total. The Morgan fingerprint density at radius 3 is 1.29 bits per heavy atom. The summed E-state index contributed by atoms with van der Waals surface area (Å²) in [7, 11) is 0. The summed E-state index contributed by atoms with van der Waals surface area (Å²) in [6.07, 6.45) is 8.98. The van der Waals surface area contributed by atoms with Gasteiger partial charge in [0, 0.05) is 75.3 Å². The number of rotatable bonds is 7. The van der Waals surface area contributed by atoms with E-state index in [1.807, 2.05) is 140 Å². The van der Waals surface area contributed by atoms with Gasteiger partial charge in [-0.25, -0.2) is 28.8 Å². The maximum absolute atomic E-state index is 12.0. The van der Waals surface area contributed by atoms with Gasteiger partial charge in [-0.15, -0.1) is 0 Å². The fourth-order valence-corrected chi connectivity index (χ4v) is 13.4. The first-order valence-electron chi connectivity index (χ1n) is 36.2. The molecule has 0 fully saturated rings. The van der Waals surface area contributed by atoms with Gasteiger partial charge in [0.25, 0.3) is 0 Å². The van der Waals surface area contributed by atoms with Crippen LogP contribution in [-0.2, 0) is 72.3 Å². The van der Waals surface area contributed by atoms with Crippen LogP contribution in [0, 0.1) is 6.92 Å². The zero-order chi connectivity index (χ0) is 76.9. The molecule has 3 aliphatic heterocycles. The van der Waals surface area contributed by atoms with E-state index in [0.29, 0.717) is 43.9 Å². The molecule has 110 heavy (non-hydrogen) atoms. The van der Waals surface area contributed by atoms with Crippen molar-refractivity contribution in [2.45, 2.75) is 106 Å². The molecule has 0 amide bonds. The van der Waals surface area contributed by atoms with Crippen LogP contribution in [0.2, 0.25) is 0 Å². The zero-order valence-corrected chi connectivity index (χ0v) is 61.8. The Labute approximate surface area is 635 Å². The summed E-state index contributed by atoms with van der Waals surface area (Å²) in [5, 5.41) is 32.8. The number of benzene rings is 11. The fourth-order valence-electron chi connectivity index (χ4n) is 13.4. The number of aryl methyl sites for hydroxylation is 4. The third kappa shape index (κ3) is 19.5. The van der Waals surface area contributed by atoms with Crippen LogP contribution in [0.1, 0.15) is 146 Å². The van der Waals surface area contributed by atoms with E-state index in [0.717, 1.165) is 152 Å². The van der Waals surface area contributed by atoms with E-state index in [4.69, 9.17) is 38.4 Å². The molecule has 0 radical (unpaired) electrons. The van der Waals surface area contributed by atoms with Crippen molar-refractivity contribution in [2.24, 2.45) is 30.9 Å². The van der Waals surface area contributed by atoms with E-state index >= 15 is 0 Å². The van der Waals surface area contributed by atoms with Crippen molar-refractivity contribution in [3.05, 3.63) is 280 Å². The largest absolute Gasteiger partial charge is 0.492 e. The highest BCUT2D eigenvalue weighted by Gasteiger charge is 2.26. The Hall–Kier alpha value is -13.3. The van der Waals surface area contributed by atoms with Crippen molar-refractivity contribution in [3.63, 3.8) is 0 Å². The molecule has 0 bridgehead atoms. The molecule has 11 aromatic rings. The Balaban J connectivity index is 0.000000123. The molecule has 0 spiro atoms. The van der Waals surface area contributed by atoms with E-state index in [-0.39, 0.29) is 11.9 Å². The molecule has 6 aliphatic rings. The van der Waals surface area contributed by atoms with E-state index in [1.165, 1.54) is 78.4 Å². The van der Waals surface area contributed by atoms with Crippen molar-refractivity contribution in [1.82, 2.24) is 0 Å². The first-order chi connectivity index (χ1) is 53.5. The SMILES string of the molecule is CC(=O)O/N=C1\CCOc2ccc3ccccc3c21.CC(=O)O/N=C1\CCOc2ccccc21.CC(=O)O/N=C1\CCc2ccc3cc(C)ccc3c21.CC(=O)O/N=C1\CCc2ccc3ccccc3c21.CC(=O)O/N=C1\COc2ccc3ccccc3c21.O=C(O/N=C1\CCCCc2ccccc21)c1ccccc1. The zero-order valence-electron chi connectivity index (χ0n) is 61.8. The Kier molecular flexibility index (Phi) is 25.5. The molecule has 11 aromatic carbocycles. The molecular formula is C89H80N6O15. The standard InChI is InChI=1S/C18H17NO2.C16H15NO2.C15H13NO3.C15H13NO2.C14H11NO3.C11H11NO3/c20-18(15-10-2-1-3-11-15)21-19-17-13-7-5-9-14-8-4-6-12-16(14)17;1-10-3-7-14-13(9-10)5-4-12-6-8-15(16(12)14)17-19-11(2)18;1-10(17)19-16-13-8-9-18-14-7-6-11-4-2-3-5-12(11)15(13)14;1-10(17)18-16-14-9-8-12-7-6-11-4-2-3-5-13(11)15(12)14;1-9(16)18-15-12-8-17-13-7-6-10-4-2-3-5-11(10)14(12)13;1-8(13)15-12-10-6-7-14-11-5-3-2-4-9(10)11/h1-4,6,8,10-12H,5,7,9,13H2;3-5,7,9H,6,8H2,1-2H3;2-7H,8-9H2,1H3;2-7H,8-9H2,1H3;2-7H,8H2,1H3;2-5H,6-7H2,1H3/b19-17+;17-15+;16-13+;16-14+;15-12+;12-10+. The van der Waals surface area contributed by atoms with Gasteiger partial charge < -0.3 is 43.2 Å². The molecule has 0 unspecified atom stereocenters. The van der Waals surface area contributed by atoms with Crippen molar-refractivity contribution in [3.8, 4) is 17.2 Å². The van der Waals surface area contributed by atoms with E-state index in [1.54, 1.807) is 12.1 Å². The minimum absolute atomic E-state index is 0.330. The van der Waals surface area contributed by atoms with Gasteiger partial charge in [-0.1, -0.05) is 218 Å². The number of oxime groups is 6. The number of nitrogens with zero attached hydrogens (tertiary/aromatic N) is 6. The topological polar surface area (TPSA) is 260 Å². The van der Waals surface area contributed by atoms with Gasteiger partial charge in [0.2, 0.25) is 0 Å². The highest BCUT2D eigenvalue weighted by Crippen LogP contribution is 2.37. The molecule has 0 saturated carbocycles. The summed E-state index contributed by atoms with van der Waals surface area (Å²) < 4.78 is 16.6. The summed E-state index contributed by atoms with van der Waals surface area (Å²) >= 11 is 0. The lowest BCUT2D eigenvalue weighted by atomic mass is 9.97. The first kappa shape index (κ1) is 76.4. The Bertz CT molecular complexity index is 5390. The molecule has 0 aromatic heterocycles. The lowest BCUT2D eigenvalue weighted by molar-refractivity contribution is -0.141. The molecule has 556 valence electrons. The number of fused-ring (bicyclic) bond motifs is 14. The van der Waals surface area contributed by atoms with Crippen molar-refractivity contribution in [1.29, 1.82) is 0 Å². The second-order valence-electron chi connectivity index (χ2n) is 26.2. The molecule has 3 aliphatic carbocycles. The minimum atomic E-state index is -0.434. The molecule has 17 rings (SSSR count). The highest BCUT2D eigenvalue weighted by atomic mass is 16.7. The monoisotopic (exact) mass is 1470 g/mol. The second kappa shape index (κ2) is 36.8. The summed E-state index contributed by atoms with van der Waals surface area (Å²) in [6.45, 7) is 10.3. The maximum atomic E-state index is 12.0. The number of hydrogen-bond donors (Lipinski definition) is 0. The molecule has 21 heteroatoms. The van der Waals surface area contributed by atoms with Crippen LogP contribution in [0.4, 0.5) is 0 Å². The van der Waals surface area contributed by atoms with Crippen LogP contribution < -0.4 is 14.2 Å². The van der Waals surface area contributed by atoms with E-state index in [9.17, 15) is 28.8 Å². The third-order valence-electron chi connectivity index (χ3n) is 18.3. The average molecular weight is 1470 g/mol. The maximum Gasteiger partial charge on any atom is 0.365 e. The predicted molar refractivity (Wildman–Crippen MR) is 423 cm³/mol. The summed E-state index contributed by atoms with van der Waals surface area (Å²) in [5.74, 6) is -0.0772. The van der Waals surface area contributed by atoms with Crippen LogP contribution in [-0.4, -0.2) is 89.9 Å². The number of hydrogen-bond acceptors (Lipinski definition) is 21. The third-order valence-corrected chi connectivity index (χ3v) is 18.3. The van der Waals surface area contributed by atoms with Crippen LogP contribution in [0.5, 0.6) is 17.2 Å². The normalized spacial score (nSPS) is 16.0. The van der Waals surface area contributed by atoms with Gasteiger partial charge in [-0.3, -0.25) is 0 Å². The lowest BCUT2D eigenvalue weighted by Gasteiger charge is -2.20.